The second kappa shape index (κ2) is 12.5. The lowest BCUT2D eigenvalue weighted by Gasteiger charge is -2.25. The van der Waals surface area contributed by atoms with Crippen LogP contribution in [-0.2, 0) is 19.1 Å². The Morgan fingerprint density at radius 1 is 1.15 bits per heavy atom. The standard InChI is InChI=1S/C30H39N5O4/c1-5-8-9-13-16-34(4)28(37)25-18-23(35-32-27(31-33-35)21-14-11-10-12-15-21)17-24(25)26(36)20-30(19-22(30)6-2)29(38)39-7-3/h5-6,10-12,14-15,22-25H,1-2,7-9,13,16-20H2,3-4H3/t22-,23-,24-,25-,30-/m1/s1. The number of amides is 1. The number of benzene rings is 1. The van der Waals surface area contributed by atoms with Gasteiger partial charge in [-0.05, 0) is 56.6 Å². The van der Waals surface area contributed by atoms with Crippen LogP contribution in [0.1, 0.15) is 57.9 Å². The second-order valence-electron chi connectivity index (χ2n) is 10.7. The summed E-state index contributed by atoms with van der Waals surface area (Å²) >= 11 is 0. The van der Waals surface area contributed by atoms with Crippen LogP contribution < -0.4 is 0 Å². The molecule has 1 amide bonds. The van der Waals surface area contributed by atoms with Gasteiger partial charge in [-0.2, -0.15) is 4.80 Å². The number of unbranched alkanes of at least 4 members (excludes halogenated alkanes) is 2. The Bertz CT molecular complexity index is 1190. The first kappa shape index (κ1) is 28.4. The van der Waals surface area contributed by atoms with Crippen molar-refractivity contribution in [3.63, 3.8) is 0 Å². The minimum Gasteiger partial charge on any atom is -0.466 e. The highest BCUT2D eigenvalue weighted by Gasteiger charge is 2.61. The molecule has 39 heavy (non-hydrogen) atoms. The minimum absolute atomic E-state index is 0.0484. The van der Waals surface area contributed by atoms with Crippen molar-refractivity contribution in [2.45, 2.75) is 57.9 Å². The molecule has 0 bridgehead atoms. The van der Waals surface area contributed by atoms with Crippen molar-refractivity contribution < 1.29 is 19.1 Å². The van der Waals surface area contributed by atoms with Gasteiger partial charge in [-0.1, -0.05) is 42.5 Å². The SMILES string of the molecule is C=CCCCCN(C)C(=O)[C@@H]1C[C@H](n2nnc(-c3ccccc3)n2)C[C@H]1C(=O)C[C@]1(C(=O)OCC)C[C@H]1C=C. The Labute approximate surface area is 230 Å². The molecule has 1 aromatic carbocycles. The Kier molecular flexibility index (Phi) is 9.09. The average molecular weight is 534 g/mol. The van der Waals surface area contributed by atoms with Crippen LogP contribution in [0, 0.1) is 23.2 Å². The van der Waals surface area contributed by atoms with E-state index in [1.165, 1.54) is 0 Å². The van der Waals surface area contributed by atoms with Crippen molar-refractivity contribution >= 4 is 17.7 Å². The van der Waals surface area contributed by atoms with Crippen LogP contribution >= 0.6 is 0 Å². The zero-order valence-corrected chi connectivity index (χ0v) is 23.0. The minimum atomic E-state index is -0.872. The number of allylic oxidation sites excluding steroid dienone is 2. The molecule has 0 aliphatic heterocycles. The molecular weight excluding hydrogens is 494 g/mol. The molecule has 1 heterocycles. The van der Waals surface area contributed by atoms with Gasteiger partial charge < -0.3 is 9.64 Å². The van der Waals surface area contributed by atoms with Gasteiger partial charge in [0.1, 0.15) is 5.78 Å². The summed E-state index contributed by atoms with van der Waals surface area (Å²) in [6, 6.07) is 9.32. The van der Waals surface area contributed by atoms with Crippen LogP contribution in [0.5, 0.6) is 0 Å². The van der Waals surface area contributed by atoms with Gasteiger partial charge in [-0.15, -0.1) is 23.4 Å². The van der Waals surface area contributed by atoms with E-state index in [-0.39, 0.29) is 42.6 Å². The number of ether oxygens (including phenoxy) is 1. The van der Waals surface area contributed by atoms with Crippen LogP contribution in [-0.4, -0.2) is 63.0 Å². The third kappa shape index (κ3) is 6.18. The molecule has 1 aromatic heterocycles. The van der Waals surface area contributed by atoms with Gasteiger partial charge in [0.2, 0.25) is 11.7 Å². The molecule has 2 aliphatic carbocycles. The quantitative estimate of drug-likeness (QED) is 0.201. The third-order valence-electron chi connectivity index (χ3n) is 8.17. The largest absolute Gasteiger partial charge is 0.466 e. The van der Waals surface area contributed by atoms with Crippen LogP contribution in [0.15, 0.2) is 55.6 Å². The maximum absolute atomic E-state index is 13.8. The highest BCUT2D eigenvalue weighted by Crippen LogP contribution is 2.58. The number of esters is 1. The van der Waals surface area contributed by atoms with Gasteiger partial charge in [-0.25, -0.2) is 0 Å². The molecule has 2 aromatic rings. The van der Waals surface area contributed by atoms with E-state index in [0.29, 0.717) is 31.6 Å². The zero-order valence-electron chi connectivity index (χ0n) is 23.0. The predicted octanol–water partition coefficient (Wildman–Crippen LogP) is 4.44. The van der Waals surface area contributed by atoms with Crippen molar-refractivity contribution in [3.8, 4) is 11.4 Å². The summed E-state index contributed by atoms with van der Waals surface area (Å²) in [5, 5.41) is 13.1. The first-order valence-electron chi connectivity index (χ1n) is 13.9. The lowest BCUT2D eigenvalue weighted by molar-refractivity contribution is -0.152. The lowest BCUT2D eigenvalue weighted by Crippen LogP contribution is -2.38. The number of hydrogen-bond donors (Lipinski definition) is 0. The zero-order chi connectivity index (χ0) is 28.0. The van der Waals surface area contributed by atoms with Gasteiger partial charge >= 0.3 is 5.97 Å². The van der Waals surface area contributed by atoms with E-state index in [4.69, 9.17) is 4.74 Å². The van der Waals surface area contributed by atoms with Gasteiger partial charge in [0.05, 0.1) is 24.0 Å². The number of Topliss-reactive ketones (excluding diaryl/α,β-unsaturated/α-hetero) is 1. The highest BCUT2D eigenvalue weighted by molar-refractivity contribution is 5.94. The number of rotatable bonds is 14. The van der Waals surface area contributed by atoms with Gasteiger partial charge in [-0.3, -0.25) is 14.4 Å². The maximum atomic E-state index is 13.8. The Morgan fingerprint density at radius 2 is 1.90 bits per heavy atom. The molecule has 2 fully saturated rings. The number of nitrogens with zero attached hydrogens (tertiary/aromatic N) is 5. The third-order valence-corrected chi connectivity index (χ3v) is 8.17. The summed E-state index contributed by atoms with van der Waals surface area (Å²) < 4.78 is 5.32. The van der Waals surface area contributed by atoms with Crippen molar-refractivity contribution in [1.29, 1.82) is 0 Å². The Balaban J connectivity index is 1.54. The molecule has 2 aliphatic rings. The highest BCUT2D eigenvalue weighted by atomic mass is 16.5. The first-order valence-corrected chi connectivity index (χ1v) is 13.9. The summed E-state index contributed by atoms with van der Waals surface area (Å²) in [6.07, 6.45) is 7.77. The maximum Gasteiger partial charge on any atom is 0.313 e. The van der Waals surface area contributed by atoms with E-state index < -0.39 is 17.3 Å². The number of carbonyl (C=O) groups is 3. The van der Waals surface area contributed by atoms with E-state index in [9.17, 15) is 14.4 Å². The van der Waals surface area contributed by atoms with E-state index in [2.05, 4.69) is 28.6 Å². The fraction of sp³-hybridized carbons (Fsp3) is 0.533. The average Bonchev–Trinajstić information content (AvgIpc) is 3.26. The Morgan fingerprint density at radius 3 is 2.56 bits per heavy atom. The van der Waals surface area contributed by atoms with Crippen LogP contribution in [0.25, 0.3) is 11.4 Å². The normalized spacial score (nSPS) is 25.6. The molecule has 208 valence electrons. The van der Waals surface area contributed by atoms with Gasteiger partial charge in [0.25, 0.3) is 0 Å². The molecule has 0 unspecified atom stereocenters. The summed E-state index contributed by atoms with van der Waals surface area (Å²) in [4.78, 5) is 43.6. The summed E-state index contributed by atoms with van der Waals surface area (Å²) in [5.41, 5.74) is -0.0230. The molecule has 0 N–H and O–H groups in total. The monoisotopic (exact) mass is 533 g/mol. The molecule has 0 spiro atoms. The molecule has 4 rings (SSSR count). The second-order valence-corrected chi connectivity index (χ2v) is 10.7. The van der Waals surface area contributed by atoms with Crippen molar-refractivity contribution in [2.75, 3.05) is 20.2 Å². The summed E-state index contributed by atoms with van der Waals surface area (Å²) in [5.74, 6) is -1.15. The summed E-state index contributed by atoms with van der Waals surface area (Å²) in [7, 11) is 1.79. The predicted molar refractivity (Wildman–Crippen MR) is 147 cm³/mol. The summed E-state index contributed by atoms with van der Waals surface area (Å²) in [6.45, 7) is 10.2. The Hall–Kier alpha value is -3.62. The molecule has 9 nitrogen and oxygen atoms in total. The van der Waals surface area contributed by atoms with E-state index >= 15 is 0 Å². The van der Waals surface area contributed by atoms with Crippen molar-refractivity contribution in [1.82, 2.24) is 25.1 Å². The van der Waals surface area contributed by atoms with Gasteiger partial charge in [0.15, 0.2) is 0 Å². The van der Waals surface area contributed by atoms with Crippen LogP contribution in [0.3, 0.4) is 0 Å². The van der Waals surface area contributed by atoms with E-state index in [1.807, 2.05) is 36.4 Å². The number of carbonyl (C=O) groups excluding carboxylic acids is 3. The van der Waals surface area contributed by atoms with E-state index in [0.717, 1.165) is 24.8 Å². The topological polar surface area (TPSA) is 107 Å². The smallest absolute Gasteiger partial charge is 0.313 e. The van der Waals surface area contributed by atoms with E-state index in [1.54, 1.807) is 29.7 Å². The molecular formula is C30H39N5O4. The first-order chi connectivity index (χ1) is 18.8. The fourth-order valence-electron chi connectivity index (χ4n) is 5.81. The molecule has 2 saturated carbocycles. The molecule has 0 saturated heterocycles. The number of aromatic nitrogens is 4. The van der Waals surface area contributed by atoms with Crippen LogP contribution in [0.2, 0.25) is 0 Å². The lowest BCUT2D eigenvalue weighted by atomic mass is 9.84. The number of tetrazole rings is 1. The molecule has 0 radical (unpaired) electrons. The molecule has 5 atom stereocenters. The fourth-order valence-corrected chi connectivity index (χ4v) is 5.81. The van der Waals surface area contributed by atoms with Crippen LogP contribution in [0.4, 0.5) is 0 Å². The molecule has 9 heteroatoms. The van der Waals surface area contributed by atoms with Crippen molar-refractivity contribution in [3.05, 3.63) is 55.6 Å². The van der Waals surface area contributed by atoms with Gasteiger partial charge in [0, 0.05) is 31.5 Å². The number of ketones is 1. The van der Waals surface area contributed by atoms with Crippen molar-refractivity contribution in [2.24, 2.45) is 23.2 Å². The number of hydrogen-bond acceptors (Lipinski definition) is 7.